The average Bonchev–Trinajstić information content (AvgIpc) is 2.27. The number of Topliss-reactive ketones (excluding diaryl/α,β-unsaturated/α-hetero) is 3. The van der Waals surface area contributed by atoms with Crippen LogP contribution in [0.5, 0.6) is 0 Å². The summed E-state index contributed by atoms with van der Waals surface area (Å²) in [5.74, 6) is 0.145. The van der Waals surface area contributed by atoms with Gasteiger partial charge < -0.3 is 4.79 Å². The molecule has 0 bridgehead atoms. The zero-order valence-corrected chi connectivity index (χ0v) is 10.2. The highest BCUT2D eigenvalue weighted by Crippen LogP contribution is 2.39. The Morgan fingerprint density at radius 3 is 2.50 bits per heavy atom. The summed E-state index contributed by atoms with van der Waals surface area (Å²) in [6.45, 7) is 3.30. The molecule has 1 fully saturated rings. The molecule has 0 saturated heterocycles. The second-order valence-corrected chi connectivity index (χ2v) is 4.69. The molecule has 1 aliphatic rings. The van der Waals surface area contributed by atoms with E-state index in [1.807, 2.05) is 0 Å². The Hall–Kier alpha value is -0.990. The quantitative estimate of drug-likeness (QED) is 0.674. The normalized spacial score (nSPS) is 25.5. The van der Waals surface area contributed by atoms with E-state index in [0.717, 1.165) is 12.8 Å². The van der Waals surface area contributed by atoms with Crippen LogP contribution in [-0.2, 0) is 14.4 Å². The Kier molecular flexibility index (Phi) is 4.39. The minimum atomic E-state index is -0.821. The predicted octanol–water partition coefficient (Wildman–Crippen LogP) is 2.46. The largest absolute Gasteiger partial charge is 0.300 e. The maximum absolute atomic E-state index is 12.0. The number of carbonyl (C=O) groups excluding carboxylic acids is 3. The van der Waals surface area contributed by atoms with Crippen LogP contribution in [0.15, 0.2) is 0 Å². The Morgan fingerprint density at radius 2 is 2.00 bits per heavy atom. The minimum Gasteiger partial charge on any atom is -0.300 e. The van der Waals surface area contributed by atoms with Crippen LogP contribution < -0.4 is 0 Å². The molecule has 0 radical (unpaired) electrons. The van der Waals surface area contributed by atoms with Crippen molar-refractivity contribution in [2.24, 2.45) is 5.41 Å². The van der Waals surface area contributed by atoms with E-state index in [4.69, 9.17) is 0 Å². The summed E-state index contributed by atoms with van der Waals surface area (Å²) in [5.41, 5.74) is -0.821. The SMILES string of the molecule is CCC(=O)[C@]1(CCC(C)=O)CCCCC1=O. The molecule has 0 N–H and O–H groups in total. The van der Waals surface area contributed by atoms with E-state index in [1.54, 1.807) is 6.92 Å². The molecule has 0 aliphatic heterocycles. The van der Waals surface area contributed by atoms with Gasteiger partial charge in [0.05, 0.1) is 5.41 Å². The molecule has 0 aromatic heterocycles. The van der Waals surface area contributed by atoms with Crippen LogP contribution in [-0.4, -0.2) is 17.3 Å². The van der Waals surface area contributed by atoms with Crippen molar-refractivity contribution in [1.82, 2.24) is 0 Å². The summed E-state index contributed by atoms with van der Waals surface area (Å²) >= 11 is 0. The van der Waals surface area contributed by atoms with E-state index in [0.29, 0.717) is 32.1 Å². The van der Waals surface area contributed by atoms with Crippen LogP contribution in [0.2, 0.25) is 0 Å². The number of ketones is 3. The van der Waals surface area contributed by atoms with Crippen LogP contribution in [0.25, 0.3) is 0 Å². The molecule has 0 spiro atoms. The molecule has 3 nitrogen and oxygen atoms in total. The summed E-state index contributed by atoms with van der Waals surface area (Å²) in [5, 5.41) is 0. The van der Waals surface area contributed by atoms with E-state index in [2.05, 4.69) is 0 Å². The molecule has 1 atom stereocenters. The van der Waals surface area contributed by atoms with Gasteiger partial charge in [-0.05, 0) is 26.2 Å². The molecule has 1 rings (SSSR count). The smallest absolute Gasteiger partial charge is 0.146 e. The molecule has 3 heteroatoms. The molecule has 0 aromatic carbocycles. The van der Waals surface area contributed by atoms with Gasteiger partial charge in [-0.3, -0.25) is 9.59 Å². The van der Waals surface area contributed by atoms with Gasteiger partial charge in [0.15, 0.2) is 0 Å². The van der Waals surface area contributed by atoms with Gasteiger partial charge in [-0.2, -0.15) is 0 Å². The first kappa shape index (κ1) is 13.1. The van der Waals surface area contributed by atoms with Crippen molar-refractivity contribution in [3.05, 3.63) is 0 Å². The number of hydrogen-bond acceptors (Lipinski definition) is 3. The van der Waals surface area contributed by atoms with Crippen LogP contribution in [0.4, 0.5) is 0 Å². The van der Waals surface area contributed by atoms with Gasteiger partial charge in [0.2, 0.25) is 0 Å². The van der Waals surface area contributed by atoms with E-state index in [-0.39, 0.29) is 17.3 Å². The van der Waals surface area contributed by atoms with E-state index >= 15 is 0 Å². The molecule has 0 aromatic rings. The molecule has 0 amide bonds. The average molecular weight is 224 g/mol. The van der Waals surface area contributed by atoms with Crippen LogP contribution in [0.3, 0.4) is 0 Å². The molecular formula is C13H20O3. The standard InChI is InChI=1S/C13H20O3/c1-3-11(15)13(9-7-10(2)14)8-5-4-6-12(13)16/h3-9H2,1-2H3/t13-/m1/s1. The maximum Gasteiger partial charge on any atom is 0.146 e. The highest BCUT2D eigenvalue weighted by atomic mass is 16.2. The zero-order valence-electron chi connectivity index (χ0n) is 10.2. The van der Waals surface area contributed by atoms with Crippen molar-refractivity contribution in [1.29, 1.82) is 0 Å². The van der Waals surface area contributed by atoms with Crippen LogP contribution >= 0.6 is 0 Å². The van der Waals surface area contributed by atoms with Crippen molar-refractivity contribution in [2.75, 3.05) is 0 Å². The van der Waals surface area contributed by atoms with Gasteiger partial charge >= 0.3 is 0 Å². The van der Waals surface area contributed by atoms with Gasteiger partial charge in [0.1, 0.15) is 17.3 Å². The van der Waals surface area contributed by atoms with Gasteiger partial charge in [-0.15, -0.1) is 0 Å². The lowest BCUT2D eigenvalue weighted by molar-refractivity contribution is -0.144. The fourth-order valence-electron chi connectivity index (χ4n) is 2.52. The topological polar surface area (TPSA) is 51.2 Å². The lowest BCUT2D eigenvalue weighted by Gasteiger charge is -2.34. The Bertz CT molecular complexity index is 296. The summed E-state index contributed by atoms with van der Waals surface area (Å²) in [4.78, 5) is 35.0. The first-order valence-electron chi connectivity index (χ1n) is 6.09. The van der Waals surface area contributed by atoms with E-state index in [1.165, 1.54) is 6.92 Å². The number of rotatable bonds is 5. The van der Waals surface area contributed by atoms with Gasteiger partial charge in [-0.1, -0.05) is 13.3 Å². The fraction of sp³-hybridized carbons (Fsp3) is 0.769. The molecule has 16 heavy (non-hydrogen) atoms. The van der Waals surface area contributed by atoms with Crippen molar-refractivity contribution in [3.63, 3.8) is 0 Å². The lowest BCUT2D eigenvalue weighted by atomic mass is 9.66. The first-order valence-corrected chi connectivity index (χ1v) is 6.09. The molecule has 1 aliphatic carbocycles. The minimum absolute atomic E-state index is 0.0263. The molecular weight excluding hydrogens is 204 g/mol. The fourth-order valence-corrected chi connectivity index (χ4v) is 2.52. The number of carbonyl (C=O) groups is 3. The summed E-state index contributed by atoms with van der Waals surface area (Å²) in [7, 11) is 0. The van der Waals surface area contributed by atoms with Crippen molar-refractivity contribution >= 4 is 17.3 Å². The third-order valence-corrected chi connectivity index (χ3v) is 3.55. The summed E-state index contributed by atoms with van der Waals surface area (Å²) in [6, 6.07) is 0. The van der Waals surface area contributed by atoms with E-state index in [9.17, 15) is 14.4 Å². The zero-order chi connectivity index (χ0) is 12.2. The Morgan fingerprint density at radius 1 is 1.31 bits per heavy atom. The van der Waals surface area contributed by atoms with Crippen molar-refractivity contribution in [2.45, 2.75) is 58.8 Å². The van der Waals surface area contributed by atoms with Crippen LogP contribution in [0, 0.1) is 5.41 Å². The highest BCUT2D eigenvalue weighted by molar-refractivity contribution is 6.07. The third kappa shape index (κ3) is 2.57. The van der Waals surface area contributed by atoms with Crippen LogP contribution in [0.1, 0.15) is 58.8 Å². The van der Waals surface area contributed by atoms with Gasteiger partial charge in [0, 0.05) is 19.3 Å². The molecule has 1 saturated carbocycles. The third-order valence-electron chi connectivity index (χ3n) is 3.55. The molecule has 0 unspecified atom stereocenters. The Labute approximate surface area is 96.6 Å². The second kappa shape index (κ2) is 5.37. The Balaban J connectivity index is 2.86. The van der Waals surface area contributed by atoms with Gasteiger partial charge in [-0.25, -0.2) is 0 Å². The highest BCUT2D eigenvalue weighted by Gasteiger charge is 2.44. The number of hydrogen-bond donors (Lipinski definition) is 0. The molecule has 0 heterocycles. The van der Waals surface area contributed by atoms with Crippen molar-refractivity contribution in [3.8, 4) is 0 Å². The molecule has 90 valence electrons. The second-order valence-electron chi connectivity index (χ2n) is 4.69. The monoisotopic (exact) mass is 224 g/mol. The maximum atomic E-state index is 12.0. The van der Waals surface area contributed by atoms with Crippen molar-refractivity contribution < 1.29 is 14.4 Å². The van der Waals surface area contributed by atoms with E-state index < -0.39 is 5.41 Å². The lowest BCUT2D eigenvalue weighted by Crippen LogP contribution is -2.41. The summed E-state index contributed by atoms with van der Waals surface area (Å²) in [6.07, 6.45) is 4.12. The summed E-state index contributed by atoms with van der Waals surface area (Å²) < 4.78 is 0. The van der Waals surface area contributed by atoms with Gasteiger partial charge in [0.25, 0.3) is 0 Å². The predicted molar refractivity (Wildman–Crippen MR) is 61.1 cm³/mol. The first-order chi connectivity index (χ1) is 7.53.